The van der Waals surface area contributed by atoms with Gasteiger partial charge in [-0.15, -0.1) is 0 Å². The quantitative estimate of drug-likeness (QED) is 0.919. The van der Waals surface area contributed by atoms with E-state index in [2.05, 4.69) is 49.5 Å². The maximum atomic E-state index is 5.17. The zero-order valence-electron chi connectivity index (χ0n) is 13.6. The molecular weight excluding hydrogens is 262 g/mol. The fourth-order valence-electron chi connectivity index (χ4n) is 2.38. The second-order valence-corrected chi connectivity index (χ2v) is 6.38. The third-order valence-electron chi connectivity index (χ3n) is 3.42. The molecule has 1 aromatic carbocycles. The molecule has 0 amide bonds. The van der Waals surface area contributed by atoms with Crippen LogP contribution in [0.2, 0.25) is 0 Å². The van der Waals surface area contributed by atoms with Crippen molar-refractivity contribution in [2.24, 2.45) is 7.05 Å². The number of aromatic nitrogens is 2. The monoisotopic (exact) mass is 287 g/mol. The predicted molar refractivity (Wildman–Crippen MR) is 85.4 cm³/mol. The first-order valence-electron chi connectivity index (χ1n) is 7.27. The molecule has 0 aliphatic rings. The summed E-state index contributed by atoms with van der Waals surface area (Å²) in [6, 6.07) is 8.14. The molecule has 21 heavy (non-hydrogen) atoms. The van der Waals surface area contributed by atoms with Crippen molar-refractivity contribution < 1.29 is 4.74 Å². The minimum atomic E-state index is 0.0678. The van der Waals surface area contributed by atoms with Gasteiger partial charge in [0.15, 0.2) is 0 Å². The first-order chi connectivity index (χ1) is 9.90. The van der Waals surface area contributed by atoms with Crippen LogP contribution < -0.4 is 10.1 Å². The average molecular weight is 287 g/mol. The minimum Gasteiger partial charge on any atom is -0.497 e. The average Bonchev–Trinajstić information content (AvgIpc) is 2.81. The SMILES string of the molecule is COc1ccc(CNCc2cn(C)nc2C(C)(C)C)cc1. The molecule has 1 aromatic heterocycles. The van der Waals surface area contributed by atoms with Gasteiger partial charge in [-0.2, -0.15) is 5.10 Å². The fourth-order valence-corrected chi connectivity index (χ4v) is 2.38. The number of ether oxygens (including phenoxy) is 1. The van der Waals surface area contributed by atoms with Crippen molar-refractivity contribution in [3.05, 3.63) is 47.3 Å². The Hall–Kier alpha value is -1.81. The number of aryl methyl sites for hydroxylation is 1. The van der Waals surface area contributed by atoms with Crippen molar-refractivity contribution in [2.45, 2.75) is 39.3 Å². The Labute approximate surface area is 127 Å². The maximum absolute atomic E-state index is 5.17. The summed E-state index contributed by atoms with van der Waals surface area (Å²) < 4.78 is 7.06. The van der Waals surface area contributed by atoms with Crippen LogP contribution in [0.25, 0.3) is 0 Å². The van der Waals surface area contributed by atoms with E-state index >= 15 is 0 Å². The summed E-state index contributed by atoms with van der Waals surface area (Å²) in [5, 5.41) is 8.08. The summed E-state index contributed by atoms with van der Waals surface area (Å²) in [6.45, 7) is 8.25. The number of methoxy groups -OCH3 is 1. The van der Waals surface area contributed by atoms with Crippen molar-refractivity contribution in [1.82, 2.24) is 15.1 Å². The van der Waals surface area contributed by atoms with Gasteiger partial charge in [0.25, 0.3) is 0 Å². The first kappa shape index (κ1) is 15.6. The summed E-state index contributed by atoms with van der Waals surface area (Å²) in [5.41, 5.74) is 3.74. The van der Waals surface area contributed by atoms with Crippen LogP contribution in [0.4, 0.5) is 0 Å². The summed E-state index contributed by atoms with van der Waals surface area (Å²) in [5.74, 6) is 0.890. The number of rotatable bonds is 5. The van der Waals surface area contributed by atoms with E-state index in [0.29, 0.717) is 0 Å². The van der Waals surface area contributed by atoms with Crippen molar-refractivity contribution in [2.75, 3.05) is 7.11 Å². The van der Waals surface area contributed by atoms with Gasteiger partial charge in [0.1, 0.15) is 5.75 Å². The lowest BCUT2D eigenvalue weighted by Gasteiger charge is -2.17. The maximum Gasteiger partial charge on any atom is 0.118 e. The van der Waals surface area contributed by atoms with Gasteiger partial charge in [-0.05, 0) is 17.7 Å². The van der Waals surface area contributed by atoms with Gasteiger partial charge in [-0.3, -0.25) is 4.68 Å². The van der Waals surface area contributed by atoms with Crippen molar-refractivity contribution in [3.63, 3.8) is 0 Å². The van der Waals surface area contributed by atoms with E-state index in [-0.39, 0.29) is 5.41 Å². The molecule has 0 spiro atoms. The lowest BCUT2D eigenvalue weighted by Crippen LogP contribution is -2.19. The third kappa shape index (κ3) is 4.08. The van der Waals surface area contributed by atoms with E-state index in [9.17, 15) is 0 Å². The van der Waals surface area contributed by atoms with Gasteiger partial charge in [-0.1, -0.05) is 32.9 Å². The van der Waals surface area contributed by atoms with Gasteiger partial charge >= 0.3 is 0 Å². The zero-order valence-corrected chi connectivity index (χ0v) is 13.6. The molecular formula is C17H25N3O. The molecule has 2 aromatic rings. The van der Waals surface area contributed by atoms with Crippen molar-refractivity contribution in [3.8, 4) is 5.75 Å². The molecule has 0 radical (unpaired) electrons. The number of nitrogens with one attached hydrogen (secondary N) is 1. The van der Waals surface area contributed by atoms with E-state index < -0.39 is 0 Å². The fraction of sp³-hybridized carbons (Fsp3) is 0.471. The van der Waals surface area contributed by atoms with Crippen molar-refractivity contribution in [1.29, 1.82) is 0 Å². The Morgan fingerprint density at radius 2 is 1.81 bits per heavy atom. The summed E-state index contributed by atoms with van der Waals surface area (Å²) >= 11 is 0. The smallest absolute Gasteiger partial charge is 0.118 e. The Bertz CT molecular complexity index is 579. The Balaban J connectivity index is 1.97. The van der Waals surface area contributed by atoms with Gasteiger partial charge in [-0.25, -0.2) is 0 Å². The summed E-state index contributed by atoms with van der Waals surface area (Å²) in [6.07, 6.45) is 2.10. The third-order valence-corrected chi connectivity index (χ3v) is 3.42. The van der Waals surface area contributed by atoms with E-state index in [1.165, 1.54) is 11.1 Å². The van der Waals surface area contributed by atoms with Crippen LogP contribution in [0.15, 0.2) is 30.5 Å². The standard InChI is InChI=1S/C17H25N3O/c1-17(2,3)16-14(12-20(4)19-16)11-18-10-13-6-8-15(21-5)9-7-13/h6-9,12,18H,10-11H2,1-5H3. The van der Waals surface area contributed by atoms with E-state index in [0.717, 1.165) is 24.5 Å². The van der Waals surface area contributed by atoms with Crippen LogP contribution >= 0.6 is 0 Å². The highest BCUT2D eigenvalue weighted by atomic mass is 16.5. The highest BCUT2D eigenvalue weighted by Crippen LogP contribution is 2.24. The largest absolute Gasteiger partial charge is 0.497 e. The lowest BCUT2D eigenvalue weighted by molar-refractivity contribution is 0.414. The number of nitrogens with zero attached hydrogens (tertiary/aromatic N) is 2. The van der Waals surface area contributed by atoms with E-state index in [4.69, 9.17) is 4.74 Å². The Morgan fingerprint density at radius 3 is 2.38 bits per heavy atom. The predicted octanol–water partition coefficient (Wildman–Crippen LogP) is 3.02. The molecule has 0 aliphatic heterocycles. The van der Waals surface area contributed by atoms with Crippen LogP contribution in [0.1, 0.15) is 37.6 Å². The molecule has 0 saturated heterocycles. The molecule has 0 saturated carbocycles. The molecule has 114 valence electrons. The van der Waals surface area contributed by atoms with Gasteiger partial charge in [0.2, 0.25) is 0 Å². The zero-order chi connectivity index (χ0) is 15.5. The number of hydrogen-bond acceptors (Lipinski definition) is 3. The molecule has 0 aliphatic carbocycles. The molecule has 4 nitrogen and oxygen atoms in total. The van der Waals surface area contributed by atoms with Crippen LogP contribution in [-0.2, 0) is 25.6 Å². The molecule has 1 heterocycles. The highest BCUT2D eigenvalue weighted by Gasteiger charge is 2.21. The topological polar surface area (TPSA) is 39.1 Å². The van der Waals surface area contributed by atoms with Crippen LogP contribution in [-0.4, -0.2) is 16.9 Å². The van der Waals surface area contributed by atoms with E-state index in [1.54, 1.807) is 7.11 Å². The molecule has 1 N–H and O–H groups in total. The molecule has 0 atom stereocenters. The van der Waals surface area contributed by atoms with Gasteiger partial charge < -0.3 is 10.1 Å². The number of hydrogen-bond donors (Lipinski definition) is 1. The minimum absolute atomic E-state index is 0.0678. The second-order valence-electron chi connectivity index (χ2n) is 6.38. The lowest BCUT2D eigenvalue weighted by atomic mass is 9.89. The summed E-state index contributed by atoms with van der Waals surface area (Å²) in [4.78, 5) is 0. The highest BCUT2D eigenvalue weighted by molar-refractivity contribution is 5.27. The number of benzene rings is 1. The van der Waals surface area contributed by atoms with Crippen LogP contribution in [0.5, 0.6) is 5.75 Å². The van der Waals surface area contributed by atoms with Crippen molar-refractivity contribution >= 4 is 0 Å². The Kier molecular flexibility index (Phi) is 4.68. The molecule has 2 rings (SSSR count). The Morgan fingerprint density at radius 1 is 1.14 bits per heavy atom. The summed E-state index contributed by atoms with van der Waals surface area (Å²) in [7, 11) is 3.66. The van der Waals surface area contributed by atoms with E-state index in [1.807, 2.05) is 23.9 Å². The molecule has 0 fully saturated rings. The first-order valence-corrected chi connectivity index (χ1v) is 7.27. The van der Waals surface area contributed by atoms with Gasteiger partial charge in [0, 0.05) is 37.3 Å². The van der Waals surface area contributed by atoms with Crippen LogP contribution in [0, 0.1) is 0 Å². The second kappa shape index (κ2) is 6.31. The van der Waals surface area contributed by atoms with Crippen LogP contribution in [0.3, 0.4) is 0 Å². The molecule has 0 bridgehead atoms. The van der Waals surface area contributed by atoms with Gasteiger partial charge in [0.05, 0.1) is 12.8 Å². The normalized spacial score (nSPS) is 11.7. The molecule has 4 heteroatoms. The molecule has 0 unspecified atom stereocenters.